The Balaban J connectivity index is 1.47. The van der Waals surface area contributed by atoms with Gasteiger partial charge in [0.1, 0.15) is 11.6 Å². The summed E-state index contributed by atoms with van der Waals surface area (Å²) in [5.41, 5.74) is 8.16. The van der Waals surface area contributed by atoms with Gasteiger partial charge in [0.25, 0.3) is 0 Å². The molecule has 0 spiro atoms. The van der Waals surface area contributed by atoms with E-state index in [1.165, 1.54) is 31.0 Å². The lowest BCUT2D eigenvalue weighted by atomic mass is 9.93. The van der Waals surface area contributed by atoms with Gasteiger partial charge >= 0.3 is 0 Å². The fourth-order valence-electron chi connectivity index (χ4n) is 4.42. The van der Waals surface area contributed by atoms with E-state index in [2.05, 4.69) is 32.2 Å². The van der Waals surface area contributed by atoms with Crippen LogP contribution in [0, 0.1) is 11.7 Å². The Bertz CT molecular complexity index is 777. The number of hydrogen-bond acceptors (Lipinski definition) is 5. The van der Waals surface area contributed by atoms with Crippen molar-refractivity contribution in [2.24, 2.45) is 11.7 Å². The zero-order valence-corrected chi connectivity index (χ0v) is 16.4. The number of nitrogens with one attached hydrogen (secondary N) is 1. The second-order valence-electron chi connectivity index (χ2n) is 8.01. The van der Waals surface area contributed by atoms with Gasteiger partial charge in [-0.15, -0.1) is 0 Å². The Kier molecular flexibility index (Phi) is 5.95. The zero-order chi connectivity index (χ0) is 19.3. The number of hydrogen-bond donors (Lipinski definition) is 2. The minimum Gasteiger partial charge on any atom is -0.371 e. The lowest BCUT2D eigenvalue weighted by Gasteiger charge is -2.39. The molecule has 2 aliphatic heterocycles. The van der Waals surface area contributed by atoms with Crippen LogP contribution in [0.4, 0.5) is 21.6 Å². The van der Waals surface area contributed by atoms with Crippen molar-refractivity contribution in [1.82, 2.24) is 4.98 Å². The highest BCUT2D eigenvalue weighted by Gasteiger charge is 2.27. The fraction of sp³-hybridized carbons (Fsp3) is 0.500. The molecule has 0 radical (unpaired) electrons. The molecule has 0 saturated carbocycles. The monoisotopic (exact) mass is 383 g/mol. The predicted molar refractivity (Wildman–Crippen MR) is 113 cm³/mol. The van der Waals surface area contributed by atoms with Crippen LogP contribution in [0.3, 0.4) is 0 Å². The fourth-order valence-corrected chi connectivity index (χ4v) is 4.42. The van der Waals surface area contributed by atoms with E-state index >= 15 is 0 Å². The third kappa shape index (κ3) is 4.55. The largest absolute Gasteiger partial charge is 0.371 e. The minimum absolute atomic E-state index is 0.201. The van der Waals surface area contributed by atoms with Crippen molar-refractivity contribution < 1.29 is 4.39 Å². The Labute approximate surface area is 166 Å². The van der Waals surface area contributed by atoms with Crippen LogP contribution < -0.4 is 20.9 Å². The smallest absolute Gasteiger partial charge is 0.128 e. The first kappa shape index (κ1) is 19.0. The van der Waals surface area contributed by atoms with E-state index in [1.807, 2.05) is 12.3 Å². The van der Waals surface area contributed by atoms with Crippen molar-refractivity contribution in [1.29, 1.82) is 0 Å². The third-order valence-electron chi connectivity index (χ3n) is 5.86. The van der Waals surface area contributed by atoms with Crippen LogP contribution in [0.15, 0.2) is 42.6 Å². The number of halogens is 1. The molecule has 2 atom stereocenters. The number of nitrogens with zero attached hydrogens (tertiary/aromatic N) is 3. The molecule has 2 fully saturated rings. The van der Waals surface area contributed by atoms with Crippen molar-refractivity contribution in [3.8, 4) is 0 Å². The number of piperidine rings is 2. The molecule has 2 aliphatic rings. The summed E-state index contributed by atoms with van der Waals surface area (Å²) in [6.45, 7) is 4.55. The summed E-state index contributed by atoms with van der Waals surface area (Å²) >= 11 is 0. The molecule has 0 amide bonds. The highest BCUT2D eigenvalue weighted by molar-refractivity contribution is 5.55. The highest BCUT2D eigenvalue weighted by Crippen LogP contribution is 2.27. The lowest BCUT2D eigenvalue weighted by molar-refractivity contribution is 0.397. The summed E-state index contributed by atoms with van der Waals surface area (Å²) in [4.78, 5) is 9.22. The van der Waals surface area contributed by atoms with E-state index < -0.39 is 0 Å². The minimum atomic E-state index is -0.201. The van der Waals surface area contributed by atoms with Crippen molar-refractivity contribution in [2.75, 3.05) is 47.8 Å². The number of pyridine rings is 1. The van der Waals surface area contributed by atoms with Gasteiger partial charge in [-0.3, -0.25) is 0 Å². The summed E-state index contributed by atoms with van der Waals surface area (Å²) in [5, 5.41) is 3.61. The number of aromatic nitrogens is 1. The molecule has 28 heavy (non-hydrogen) atoms. The summed E-state index contributed by atoms with van der Waals surface area (Å²) in [5.74, 6) is 1.08. The molecule has 2 aromatic rings. The molecule has 150 valence electrons. The Morgan fingerprint density at radius 1 is 1.04 bits per heavy atom. The Hall–Kier alpha value is -2.34. The first-order chi connectivity index (χ1) is 13.7. The van der Waals surface area contributed by atoms with Gasteiger partial charge in [-0.1, -0.05) is 6.07 Å². The predicted octanol–water partition coefficient (Wildman–Crippen LogP) is 3.48. The van der Waals surface area contributed by atoms with E-state index in [4.69, 9.17) is 5.73 Å². The standard InChI is InChI=1S/C22H30FN5/c23-18-5-4-6-20(12-18)28-15-17(14-24)11-19(16-28)26-22-13-21(7-8-25-22)27-9-2-1-3-10-27/h4-8,12-13,17,19H,1-3,9-11,14-16,24H2,(H,25,26)/t17-,19-/m0/s1. The molecule has 3 heterocycles. The topological polar surface area (TPSA) is 57.4 Å². The molecule has 0 bridgehead atoms. The summed E-state index contributed by atoms with van der Waals surface area (Å²) < 4.78 is 13.7. The van der Waals surface area contributed by atoms with Crippen molar-refractivity contribution in [3.05, 3.63) is 48.4 Å². The average molecular weight is 384 g/mol. The molecule has 3 N–H and O–H groups in total. The first-order valence-corrected chi connectivity index (χ1v) is 10.4. The lowest BCUT2D eigenvalue weighted by Crippen LogP contribution is -2.48. The Morgan fingerprint density at radius 3 is 2.64 bits per heavy atom. The van der Waals surface area contributed by atoms with Crippen LogP contribution in [0.25, 0.3) is 0 Å². The van der Waals surface area contributed by atoms with Gasteiger partial charge in [0, 0.05) is 55.9 Å². The molecule has 4 rings (SSSR count). The number of rotatable bonds is 5. The number of nitrogens with two attached hydrogens (primary N) is 1. The quantitative estimate of drug-likeness (QED) is 0.828. The van der Waals surface area contributed by atoms with Crippen LogP contribution in [0.1, 0.15) is 25.7 Å². The maximum Gasteiger partial charge on any atom is 0.128 e. The van der Waals surface area contributed by atoms with Crippen LogP contribution in [0.2, 0.25) is 0 Å². The van der Waals surface area contributed by atoms with Crippen LogP contribution >= 0.6 is 0 Å². The molecule has 2 saturated heterocycles. The molecule has 0 unspecified atom stereocenters. The molecular formula is C22H30FN5. The molecule has 1 aromatic carbocycles. The van der Waals surface area contributed by atoms with Crippen LogP contribution in [0.5, 0.6) is 0 Å². The SMILES string of the molecule is NC[C@@H]1C[C@H](Nc2cc(N3CCCCC3)ccn2)CN(c2cccc(F)c2)C1. The molecular weight excluding hydrogens is 353 g/mol. The van der Waals surface area contributed by atoms with E-state index in [0.717, 1.165) is 44.1 Å². The summed E-state index contributed by atoms with van der Waals surface area (Å²) in [6.07, 6.45) is 6.73. The Morgan fingerprint density at radius 2 is 1.86 bits per heavy atom. The van der Waals surface area contributed by atoms with E-state index in [0.29, 0.717) is 12.5 Å². The second-order valence-corrected chi connectivity index (χ2v) is 8.01. The van der Waals surface area contributed by atoms with Gasteiger partial charge in [-0.05, 0) is 62.4 Å². The van der Waals surface area contributed by atoms with Gasteiger partial charge in [0.15, 0.2) is 0 Å². The van der Waals surface area contributed by atoms with Gasteiger partial charge in [0.2, 0.25) is 0 Å². The van der Waals surface area contributed by atoms with Gasteiger partial charge < -0.3 is 20.9 Å². The first-order valence-electron chi connectivity index (χ1n) is 10.4. The van der Waals surface area contributed by atoms with Crippen molar-refractivity contribution in [3.63, 3.8) is 0 Å². The van der Waals surface area contributed by atoms with Crippen LogP contribution in [-0.2, 0) is 0 Å². The maximum atomic E-state index is 13.7. The maximum absolute atomic E-state index is 13.7. The van der Waals surface area contributed by atoms with E-state index in [9.17, 15) is 4.39 Å². The second kappa shape index (κ2) is 8.78. The van der Waals surface area contributed by atoms with E-state index in [1.54, 1.807) is 12.1 Å². The number of anilines is 3. The normalized spacial score (nSPS) is 22.9. The zero-order valence-electron chi connectivity index (χ0n) is 16.4. The summed E-state index contributed by atoms with van der Waals surface area (Å²) in [6, 6.07) is 11.3. The summed E-state index contributed by atoms with van der Waals surface area (Å²) in [7, 11) is 0. The number of benzene rings is 1. The molecule has 5 nitrogen and oxygen atoms in total. The van der Waals surface area contributed by atoms with Gasteiger partial charge in [0.05, 0.1) is 0 Å². The van der Waals surface area contributed by atoms with Crippen LogP contribution in [-0.4, -0.2) is 43.7 Å². The molecule has 1 aromatic heterocycles. The average Bonchev–Trinajstić information content (AvgIpc) is 2.74. The van der Waals surface area contributed by atoms with Gasteiger partial charge in [-0.25, -0.2) is 9.37 Å². The molecule has 0 aliphatic carbocycles. The van der Waals surface area contributed by atoms with Crippen molar-refractivity contribution >= 4 is 17.2 Å². The van der Waals surface area contributed by atoms with Crippen molar-refractivity contribution in [2.45, 2.75) is 31.7 Å². The highest BCUT2D eigenvalue weighted by atomic mass is 19.1. The molecule has 6 heteroatoms. The van der Waals surface area contributed by atoms with Gasteiger partial charge in [-0.2, -0.15) is 0 Å². The third-order valence-corrected chi connectivity index (χ3v) is 5.86. The van der Waals surface area contributed by atoms with E-state index in [-0.39, 0.29) is 11.9 Å².